The van der Waals surface area contributed by atoms with Crippen molar-refractivity contribution in [2.75, 3.05) is 34.3 Å². The van der Waals surface area contributed by atoms with E-state index in [0.717, 1.165) is 31.5 Å². The summed E-state index contributed by atoms with van der Waals surface area (Å²) in [6.45, 7) is 1.99. The number of nitrogens with zero attached hydrogens (tertiary/aromatic N) is 2. The number of Topliss-reactive ketones (excluding diaryl/α,β-unsaturated/α-hetero) is 1. The van der Waals surface area contributed by atoms with E-state index in [1.54, 1.807) is 32.2 Å². The number of carbonyl (C=O) groups excluding carboxylic acids is 2. The fourth-order valence-corrected chi connectivity index (χ4v) is 8.45. The summed E-state index contributed by atoms with van der Waals surface area (Å²) in [5.41, 5.74) is 4.77. The lowest BCUT2D eigenvalue weighted by molar-refractivity contribution is -0.117. The molecule has 7 rings (SSSR count). The number of fused-ring (bicyclic) bond motifs is 2. The number of benzene rings is 1. The van der Waals surface area contributed by atoms with Gasteiger partial charge < -0.3 is 35.6 Å². The molecule has 3 fully saturated rings. The second kappa shape index (κ2) is 8.70. The van der Waals surface area contributed by atoms with Gasteiger partial charge >= 0.3 is 0 Å². The number of primary amides is 1. The molecule has 2 aliphatic heterocycles. The zero-order valence-electron chi connectivity index (χ0n) is 23.5. The minimum atomic E-state index is -2.36. The lowest BCUT2D eigenvalue weighted by Crippen LogP contribution is -2.57. The number of ketones is 1. The normalized spacial score (nSPS) is 36.2. The number of phenols is 1. The van der Waals surface area contributed by atoms with Gasteiger partial charge in [0.1, 0.15) is 28.6 Å². The third kappa shape index (κ3) is 3.40. The number of allylic oxidation sites excluding steroid dienone is 1. The van der Waals surface area contributed by atoms with E-state index in [1.807, 2.05) is 0 Å². The number of phenolic OH excluding ortho intramolecular Hbond substituents is 1. The van der Waals surface area contributed by atoms with E-state index < -0.39 is 58.0 Å². The van der Waals surface area contributed by atoms with Crippen LogP contribution in [0, 0.1) is 17.8 Å². The minimum absolute atomic E-state index is 0.0359. The average molecular weight is 568 g/mol. The van der Waals surface area contributed by atoms with Gasteiger partial charge in [-0.1, -0.05) is 0 Å². The van der Waals surface area contributed by atoms with Crippen LogP contribution in [0.2, 0.25) is 0 Å². The molecule has 1 spiro atoms. The summed E-state index contributed by atoms with van der Waals surface area (Å²) in [5.74, 6) is -4.96. The van der Waals surface area contributed by atoms with Crippen molar-refractivity contribution in [1.82, 2.24) is 9.80 Å². The zero-order chi connectivity index (χ0) is 29.2. The van der Waals surface area contributed by atoms with E-state index in [0.29, 0.717) is 23.7 Å². The van der Waals surface area contributed by atoms with E-state index in [4.69, 9.17) is 15.2 Å². The zero-order valence-corrected chi connectivity index (χ0v) is 23.5. The lowest BCUT2D eigenvalue weighted by atomic mass is 9.60. The van der Waals surface area contributed by atoms with Crippen molar-refractivity contribution in [3.05, 3.63) is 45.4 Å². The van der Waals surface area contributed by atoms with Gasteiger partial charge in [0.25, 0.3) is 5.91 Å². The highest BCUT2D eigenvalue weighted by atomic mass is 16.8. The van der Waals surface area contributed by atoms with Crippen LogP contribution in [0.4, 0.5) is 0 Å². The van der Waals surface area contributed by atoms with Crippen LogP contribution in [0.1, 0.15) is 59.6 Å². The molecule has 6 N–H and O–H groups in total. The Morgan fingerprint density at radius 1 is 1.24 bits per heavy atom. The topological polar surface area (TPSA) is 169 Å². The molecule has 220 valence electrons. The van der Waals surface area contributed by atoms with Crippen molar-refractivity contribution < 1.29 is 39.5 Å². The highest BCUT2D eigenvalue weighted by molar-refractivity contribution is 6.14. The van der Waals surface area contributed by atoms with Gasteiger partial charge in [0, 0.05) is 35.2 Å². The van der Waals surface area contributed by atoms with Gasteiger partial charge in [0.15, 0.2) is 11.4 Å². The van der Waals surface area contributed by atoms with Crippen LogP contribution in [-0.4, -0.2) is 93.6 Å². The van der Waals surface area contributed by atoms with Crippen LogP contribution in [0.3, 0.4) is 0 Å². The first kappa shape index (κ1) is 26.8. The molecule has 11 heteroatoms. The summed E-state index contributed by atoms with van der Waals surface area (Å²) in [6.07, 6.45) is 5.03. The maximum absolute atomic E-state index is 14.1. The number of carbonyl (C=O) groups is 2. The van der Waals surface area contributed by atoms with E-state index in [9.17, 15) is 30.0 Å². The molecule has 6 atom stereocenters. The Morgan fingerprint density at radius 3 is 2.61 bits per heavy atom. The minimum Gasteiger partial charge on any atom is -0.510 e. The first-order valence-corrected chi connectivity index (χ1v) is 14.4. The fourth-order valence-electron chi connectivity index (χ4n) is 8.45. The molecule has 1 saturated carbocycles. The van der Waals surface area contributed by atoms with Crippen molar-refractivity contribution >= 4 is 11.7 Å². The van der Waals surface area contributed by atoms with Gasteiger partial charge in [-0.05, 0) is 77.1 Å². The van der Waals surface area contributed by atoms with Crippen molar-refractivity contribution in [3.8, 4) is 11.5 Å². The number of likely N-dealkylation sites (N-methyl/N-ethyl adjacent to an activating group) is 1. The molecule has 11 nitrogen and oxygen atoms in total. The Morgan fingerprint density at radius 2 is 1.98 bits per heavy atom. The number of hydrogen-bond donors (Lipinski definition) is 5. The molecule has 0 radical (unpaired) electrons. The highest BCUT2D eigenvalue weighted by Crippen LogP contribution is 2.68. The molecular formula is C30H37N3O8. The quantitative estimate of drug-likeness (QED) is 0.320. The Labute approximate surface area is 237 Å². The molecule has 0 aromatic heterocycles. The largest absolute Gasteiger partial charge is 0.510 e. The number of hydrogen-bond acceptors (Lipinski definition) is 10. The molecule has 6 aliphatic rings. The number of rotatable bonds is 6. The Balaban J connectivity index is 1.35. The molecule has 1 aromatic carbocycles. The van der Waals surface area contributed by atoms with Crippen LogP contribution >= 0.6 is 0 Å². The number of aliphatic hydroxyl groups excluding tert-OH is 2. The summed E-state index contributed by atoms with van der Waals surface area (Å²) in [5, 5.41) is 45.5. The van der Waals surface area contributed by atoms with Crippen molar-refractivity contribution in [3.63, 3.8) is 0 Å². The molecule has 1 amide bonds. The standard InChI is InChI=1S/C30H37N3O8/c1-32(2)23-17-10-14-9-16-21(19(34)11-15(26(16)40-3)18-5-4-8-33(18)12-13-6-7-13)24(35)20(14)27(37)29(17)30(39,41-29)22(25(23)36)28(31)38/h11,13-14,17-18,23,34,36-37,39H,4-10,12H2,1-3H3,(H2,31,38)/t14-,17-,18?,23-,29-,30?/m0/s1. The molecule has 41 heavy (non-hydrogen) atoms. The molecular weight excluding hydrogens is 530 g/mol. The molecule has 4 aliphatic carbocycles. The Kier molecular flexibility index (Phi) is 5.68. The molecule has 2 saturated heterocycles. The Bertz CT molecular complexity index is 1450. The maximum atomic E-state index is 14.1. The van der Waals surface area contributed by atoms with Gasteiger partial charge in [0.05, 0.1) is 18.7 Å². The van der Waals surface area contributed by atoms with Gasteiger partial charge in [-0.25, -0.2) is 0 Å². The molecule has 2 unspecified atom stereocenters. The Hall–Kier alpha value is -3.12. The van der Waals surface area contributed by atoms with Gasteiger partial charge in [-0.15, -0.1) is 0 Å². The molecule has 0 bridgehead atoms. The van der Waals surface area contributed by atoms with E-state index in [-0.39, 0.29) is 29.3 Å². The van der Waals surface area contributed by atoms with E-state index >= 15 is 0 Å². The van der Waals surface area contributed by atoms with Crippen LogP contribution in [-0.2, 0) is 16.0 Å². The SMILES string of the molecule is COc1c(C2CCCN2CC2CC2)cc(O)c2c1C[C@H]1C[C@H]3[C@H](N(C)C)C(O)=C(C(N)=O)C4(O)O[C@]34C(O)=C1C2=O. The summed E-state index contributed by atoms with van der Waals surface area (Å²) < 4.78 is 11.7. The first-order valence-electron chi connectivity index (χ1n) is 14.4. The number of epoxide rings is 1. The predicted molar refractivity (Wildman–Crippen MR) is 145 cm³/mol. The number of aromatic hydroxyl groups is 1. The lowest BCUT2D eigenvalue weighted by Gasteiger charge is -2.46. The average Bonchev–Trinajstić information content (AvgIpc) is 3.76. The second-order valence-electron chi connectivity index (χ2n) is 12.8. The van der Waals surface area contributed by atoms with Crippen molar-refractivity contribution in [2.45, 2.75) is 62.0 Å². The number of likely N-dealkylation sites (tertiary alicyclic amines) is 1. The molecule has 1 aromatic rings. The number of nitrogens with two attached hydrogens (primary N) is 1. The second-order valence-corrected chi connectivity index (χ2v) is 12.8. The summed E-state index contributed by atoms with van der Waals surface area (Å²) in [7, 11) is 4.99. The fraction of sp³-hybridized carbons (Fsp3) is 0.600. The number of amides is 1. The monoisotopic (exact) mass is 567 g/mol. The molecule has 2 heterocycles. The van der Waals surface area contributed by atoms with Gasteiger partial charge in [-0.3, -0.25) is 19.4 Å². The number of ether oxygens (including phenoxy) is 2. The van der Waals surface area contributed by atoms with Crippen LogP contribution in [0.5, 0.6) is 11.5 Å². The summed E-state index contributed by atoms with van der Waals surface area (Å²) in [6, 6.07) is 0.903. The van der Waals surface area contributed by atoms with Crippen molar-refractivity contribution in [1.29, 1.82) is 0 Å². The van der Waals surface area contributed by atoms with Crippen molar-refractivity contribution in [2.24, 2.45) is 23.5 Å². The highest BCUT2D eigenvalue weighted by Gasteiger charge is 2.84. The third-order valence-electron chi connectivity index (χ3n) is 10.3. The van der Waals surface area contributed by atoms with Gasteiger partial charge in [0.2, 0.25) is 5.79 Å². The van der Waals surface area contributed by atoms with Crippen LogP contribution in [0.15, 0.2) is 28.7 Å². The maximum Gasteiger partial charge on any atom is 0.253 e. The number of aliphatic hydroxyl groups is 3. The van der Waals surface area contributed by atoms with E-state index in [1.165, 1.54) is 12.8 Å². The third-order valence-corrected chi connectivity index (χ3v) is 10.3. The van der Waals surface area contributed by atoms with Crippen LogP contribution < -0.4 is 10.5 Å². The van der Waals surface area contributed by atoms with Crippen LogP contribution in [0.25, 0.3) is 0 Å². The first-order chi connectivity index (χ1) is 19.5. The smallest absolute Gasteiger partial charge is 0.253 e. The predicted octanol–water partition coefficient (Wildman–Crippen LogP) is 1.83. The van der Waals surface area contributed by atoms with Gasteiger partial charge in [-0.2, -0.15) is 0 Å². The number of methoxy groups -OCH3 is 1. The summed E-state index contributed by atoms with van der Waals surface area (Å²) >= 11 is 0. The van der Waals surface area contributed by atoms with E-state index in [2.05, 4.69) is 4.90 Å². The summed E-state index contributed by atoms with van der Waals surface area (Å²) in [4.78, 5) is 30.6.